The Balaban J connectivity index is 1.58. The minimum Gasteiger partial charge on any atom is -0.383 e. The zero-order chi connectivity index (χ0) is 22.4. The third kappa shape index (κ3) is 5.28. The number of carbonyl (C=O) groups excluding carboxylic acids is 2. The predicted molar refractivity (Wildman–Crippen MR) is 116 cm³/mol. The predicted octanol–water partition coefficient (Wildman–Crippen LogP) is 3.28. The van der Waals surface area contributed by atoms with Crippen molar-refractivity contribution >= 4 is 11.8 Å². The first-order valence-electron chi connectivity index (χ1n) is 10.6. The number of piperidine rings is 1. The summed E-state index contributed by atoms with van der Waals surface area (Å²) in [5.74, 6) is -0.364. The van der Waals surface area contributed by atoms with Crippen LogP contribution in [0.1, 0.15) is 54.2 Å². The maximum Gasteiger partial charge on any atom is 0.252 e. The number of pyridine rings is 1. The number of hydrogen-bond donors (Lipinski definition) is 1. The summed E-state index contributed by atoms with van der Waals surface area (Å²) in [6.45, 7) is 5.66. The molecule has 3 rings (SSSR count). The second kappa shape index (κ2) is 10.0. The van der Waals surface area contributed by atoms with Crippen LogP contribution in [0.3, 0.4) is 0 Å². The van der Waals surface area contributed by atoms with Crippen molar-refractivity contribution in [1.82, 2.24) is 15.2 Å². The van der Waals surface area contributed by atoms with Crippen molar-refractivity contribution < 1.29 is 18.7 Å². The molecule has 1 aliphatic rings. The fraction of sp³-hybridized carbons (Fsp3) is 0.458. The summed E-state index contributed by atoms with van der Waals surface area (Å²) < 4.78 is 19.2. The van der Waals surface area contributed by atoms with Crippen LogP contribution in [0.25, 0.3) is 0 Å². The van der Waals surface area contributed by atoms with Gasteiger partial charge < -0.3 is 15.0 Å². The molecule has 0 aliphatic carbocycles. The Kier molecular flexibility index (Phi) is 7.38. The Morgan fingerprint density at radius 3 is 2.52 bits per heavy atom. The minimum absolute atomic E-state index is 0.0629. The molecule has 1 aromatic carbocycles. The number of carbonyl (C=O) groups is 2. The van der Waals surface area contributed by atoms with Gasteiger partial charge in [-0.1, -0.05) is 18.2 Å². The molecule has 0 spiro atoms. The number of nitrogens with zero attached hydrogens (tertiary/aromatic N) is 2. The highest BCUT2D eigenvalue weighted by Crippen LogP contribution is 2.32. The van der Waals surface area contributed by atoms with Crippen molar-refractivity contribution in [3.05, 3.63) is 65.2 Å². The van der Waals surface area contributed by atoms with E-state index in [0.717, 1.165) is 18.5 Å². The topological polar surface area (TPSA) is 71.5 Å². The van der Waals surface area contributed by atoms with Gasteiger partial charge in [0.2, 0.25) is 5.91 Å². The summed E-state index contributed by atoms with van der Waals surface area (Å²) in [7, 11) is 1.59. The zero-order valence-corrected chi connectivity index (χ0v) is 18.4. The lowest BCUT2D eigenvalue weighted by molar-refractivity contribution is -0.137. The number of benzene rings is 1. The molecule has 2 amide bonds. The molecule has 0 radical (unpaired) electrons. The van der Waals surface area contributed by atoms with E-state index in [1.165, 1.54) is 6.07 Å². The van der Waals surface area contributed by atoms with Crippen LogP contribution in [0.4, 0.5) is 4.39 Å². The maximum atomic E-state index is 14.3. The fourth-order valence-corrected chi connectivity index (χ4v) is 4.01. The van der Waals surface area contributed by atoms with Crippen LogP contribution >= 0.6 is 0 Å². The molecule has 31 heavy (non-hydrogen) atoms. The second-order valence-corrected chi connectivity index (χ2v) is 8.39. The minimum atomic E-state index is -0.922. The van der Waals surface area contributed by atoms with Crippen LogP contribution in [0.15, 0.2) is 42.6 Å². The lowest BCUT2D eigenvalue weighted by Crippen LogP contribution is -2.47. The van der Waals surface area contributed by atoms with Crippen molar-refractivity contribution in [1.29, 1.82) is 0 Å². The molecule has 166 valence electrons. The molecule has 1 saturated heterocycles. The van der Waals surface area contributed by atoms with E-state index in [9.17, 15) is 14.0 Å². The van der Waals surface area contributed by atoms with Crippen molar-refractivity contribution in [2.24, 2.45) is 0 Å². The van der Waals surface area contributed by atoms with Crippen LogP contribution in [-0.4, -0.2) is 55.0 Å². The number of nitrogens with one attached hydrogen (secondary N) is 1. The molecule has 0 atom stereocenters. The van der Waals surface area contributed by atoms with Gasteiger partial charge in [-0.05, 0) is 44.9 Å². The van der Waals surface area contributed by atoms with Crippen LogP contribution in [-0.2, 0) is 14.9 Å². The summed E-state index contributed by atoms with van der Waals surface area (Å²) in [6, 6.07) is 10.1. The molecule has 2 aromatic rings. The first-order valence-corrected chi connectivity index (χ1v) is 10.6. The van der Waals surface area contributed by atoms with Gasteiger partial charge in [-0.2, -0.15) is 0 Å². The number of halogens is 1. The lowest BCUT2D eigenvalue weighted by Gasteiger charge is -2.37. The Morgan fingerprint density at radius 1 is 1.19 bits per heavy atom. The number of amides is 2. The zero-order valence-electron chi connectivity index (χ0n) is 18.4. The Labute approximate surface area is 182 Å². The number of rotatable bonds is 7. The summed E-state index contributed by atoms with van der Waals surface area (Å²) in [6.07, 6.45) is 3.16. The average Bonchev–Trinajstić information content (AvgIpc) is 2.79. The number of likely N-dealkylation sites (tertiary alicyclic amines) is 1. The Bertz CT molecular complexity index is 907. The summed E-state index contributed by atoms with van der Waals surface area (Å²) >= 11 is 0. The van der Waals surface area contributed by atoms with E-state index >= 15 is 0 Å². The van der Waals surface area contributed by atoms with Gasteiger partial charge in [0, 0.05) is 50.1 Å². The molecule has 6 nitrogen and oxygen atoms in total. The van der Waals surface area contributed by atoms with E-state index in [1.807, 2.05) is 11.0 Å². The van der Waals surface area contributed by atoms with Gasteiger partial charge >= 0.3 is 0 Å². The van der Waals surface area contributed by atoms with E-state index in [1.54, 1.807) is 51.4 Å². The number of methoxy groups -OCH3 is 1. The third-order valence-corrected chi connectivity index (χ3v) is 5.92. The van der Waals surface area contributed by atoms with E-state index in [0.29, 0.717) is 37.4 Å². The Hall–Kier alpha value is -2.80. The maximum absolute atomic E-state index is 14.3. The quantitative estimate of drug-likeness (QED) is 0.689. The molecule has 0 unspecified atom stereocenters. The van der Waals surface area contributed by atoms with Gasteiger partial charge in [-0.15, -0.1) is 0 Å². The molecular weight excluding hydrogens is 397 g/mol. The molecule has 1 fully saturated rings. The first kappa shape index (κ1) is 22.9. The number of aromatic nitrogens is 1. The highest BCUT2D eigenvalue weighted by Gasteiger charge is 2.37. The third-order valence-electron chi connectivity index (χ3n) is 5.92. The van der Waals surface area contributed by atoms with Gasteiger partial charge in [0.25, 0.3) is 5.91 Å². The molecule has 7 heteroatoms. The van der Waals surface area contributed by atoms with E-state index < -0.39 is 5.41 Å². The SMILES string of the molecule is COCCNC(=O)c1ccc(C2CCN(C(=O)C(C)(C)c3ccccc3F)CC2)nc1. The molecule has 1 aliphatic heterocycles. The molecule has 2 heterocycles. The van der Waals surface area contributed by atoms with Gasteiger partial charge in [-0.3, -0.25) is 14.6 Å². The van der Waals surface area contributed by atoms with Crippen molar-refractivity contribution in [3.63, 3.8) is 0 Å². The Morgan fingerprint density at radius 2 is 1.90 bits per heavy atom. The van der Waals surface area contributed by atoms with E-state index in [4.69, 9.17) is 4.74 Å². The summed E-state index contributed by atoms with van der Waals surface area (Å²) in [5, 5.41) is 2.77. The van der Waals surface area contributed by atoms with Crippen molar-refractivity contribution in [2.45, 2.75) is 38.0 Å². The van der Waals surface area contributed by atoms with Crippen LogP contribution in [0, 0.1) is 5.82 Å². The highest BCUT2D eigenvalue weighted by atomic mass is 19.1. The van der Waals surface area contributed by atoms with Gasteiger partial charge in [-0.25, -0.2) is 4.39 Å². The summed E-state index contributed by atoms with van der Waals surface area (Å²) in [5.41, 5.74) is 0.935. The molecule has 1 aromatic heterocycles. The smallest absolute Gasteiger partial charge is 0.252 e. The normalized spacial score (nSPS) is 15.0. The van der Waals surface area contributed by atoms with Crippen LogP contribution in [0.5, 0.6) is 0 Å². The highest BCUT2D eigenvalue weighted by molar-refractivity contribution is 5.93. The second-order valence-electron chi connectivity index (χ2n) is 8.39. The standard InChI is InChI=1S/C24H30FN3O3/c1-24(2,19-6-4-5-7-20(19)25)23(30)28-13-10-17(11-14-28)21-9-8-18(16-27-21)22(29)26-12-15-31-3/h4-9,16-17H,10-15H2,1-3H3,(H,26,29). The van der Waals surface area contributed by atoms with Crippen molar-refractivity contribution in [3.8, 4) is 0 Å². The van der Waals surface area contributed by atoms with Gasteiger partial charge in [0.1, 0.15) is 5.82 Å². The van der Waals surface area contributed by atoms with Crippen LogP contribution in [0.2, 0.25) is 0 Å². The molecule has 0 bridgehead atoms. The number of hydrogen-bond acceptors (Lipinski definition) is 4. The lowest BCUT2D eigenvalue weighted by atomic mass is 9.81. The molecule has 1 N–H and O–H groups in total. The monoisotopic (exact) mass is 427 g/mol. The number of ether oxygens (including phenoxy) is 1. The average molecular weight is 428 g/mol. The first-order chi connectivity index (χ1) is 14.8. The largest absolute Gasteiger partial charge is 0.383 e. The summed E-state index contributed by atoms with van der Waals surface area (Å²) in [4.78, 5) is 31.5. The van der Waals surface area contributed by atoms with Gasteiger partial charge in [0.05, 0.1) is 17.6 Å². The van der Waals surface area contributed by atoms with Crippen LogP contribution < -0.4 is 5.32 Å². The van der Waals surface area contributed by atoms with E-state index in [-0.39, 0.29) is 23.5 Å². The van der Waals surface area contributed by atoms with E-state index in [2.05, 4.69) is 10.3 Å². The molecule has 0 saturated carbocycles. The van der Waals surface area contributed by atoms with Crippen molar-refractivity contribution in [2.75, 3.05) is 33.4 Å². The fourth-order valence-electron chi connectivity index (χ4n) is 4.01. The molecular formula is C24H30FN3O3. The van der Waals surface area contributed by atoms with Gasteiger partial charge in [0.15, 0.2) is 0 Å².